The fraction of sp³-hybridized carbons (Fsp3) is 0.171. The molecule has 1 saturated heterocycles. The Kier molecular flexibility index (Phi) is 5.39. The van der Waals surface area contributed by atoms with Crippen molar-refractivity contribution in [3.63, 3.8) is 0 Å². The number of hydrogen-bond donors (Lipinski definition) is 0. The zero-order chi connectivity index (χ0) is 27.6. The summed E-state index contributed by atoms with van der Waals surface area (Å²) in [6, 6.07) is 28.4. The minimum Gasteiger partial charge on any atom is -0.497 e. The summed E-state index contributed by atoms with van der Waals surface area (Å²) in [5.41, 5.74) is 3.49. The van der Waals surface area contributed by atoms with E-state index in [0.717, 1.165) is 22.4 Å². The number of aryl methyl sites for hydroxylation is 1. The second-order valence-electron chi connectivity index (χ2n) is 10.8. The van der Waals surface area contributed by atoms with E-state index in [1.807, 2.05) is 66.4 Å². The Balaban J connectivity index is 1.54. The maximum Gasteiger partial charge on any atom is 0.186 e. The average molecular weight is 526 g/mol. The fourth-order valence-electron chi connectivity index (χ4n) is 7.08. The number of nitrogens with zero attached hydrogens (tertiary/aromatic N) is 1. The number of carbonyl (C=O) groups excluding carboxylic acids is 3. The minimum absolute atomic E-state index is 0.159. The van der Waals surface area contributed by atoms with E-state index in [0.29, 0.717) is 22.4 Å². The first-order chi connectivity index (χ1) is 19.5. The highest BCUT2D eigenvalue weighted by molar-refractivity contribution is 6.32. The van der Waals surface area contributed by atoms with Gasteiger partial charge in [0, 0.05) is 28.3 Å². The van der Waals surface area contributed by atoms with E-state index in [1.165, 1.54) is 0 Å². The molecular weight excluding hydrogens is 498 g/mol. The van der Waals surface area contributed by atoms with Gasteiger partial charge in [-0.3, -0.25) is 14.4 Å². The number of rotatable bonds is 4. The molecule has 0 saturated carbocycles. The van der Waals surface area contributed by atoms with E-state index < -0.39 is 23.4 Å². The highest BCUT2D eigenvalue weighted by Crippen LogP contribution is 2.61. The second kappa shape index (κ2) is 8.88. The lowest BCUT2D eigenvalue weighted by Crippen LogP contribution is -2.48. The van der Waals surface area contributed by atoms with Gasteiger partial charge in [0.25, 0.3) is 0 Å². The van der Waals surface area contributed by atoms with E-state index >= 15 is 0 Å². The van der Waals surface area contributed by atoms with Crippen LogP contribution in [0.1, 0.15) is 53.7 Å². The first-order valence-corrected chi connectivity index (χ1v) is 13.5. The first-order valence-electron chi connectivity index (χ1n) is 13.5. The summed E-state index contributed by atoms with van der Waals surface area (Å²) < 4.78 is 5.44. The normalized spacial score (nSPS) is 21.8. The number of fused-ring (bicyclic) bond motifs is 5. The van der Waals surface area contributed by atoms with Crippen LogP contribution in [0.25, 0.3) is 6.08 Å². The predicted molar refractivity (Wildman–Crippen MR) is 154 cm³/mol. The van der Waals surface area contributed by atoms with Gasteiger partial charge in [-0.05, 0) is 42.3 Å². The van der Waals surface area contributed by atoms with Gasteiger partial charge in [-0.15, -0.1) is 0 Å². The van der Waals surface area contributed by atoms with Crippen LogP contribution < -0.4 is 9.64 Å². The number of methoxy groups -OCH3 is 1. The molecule has 7 rings (SSSR count). The molecule has 40 heavy (non-hydrogen) atoms. The molecule has 2 aliphatic heterocycles. The molecule has 0 N–H and O–H groups in total. The highest BCUT2D eigenvalue weighted by atomic mass is 16.5. The molecule has 2 heterocycles. The van der Waals surface area contributed by atoms with Crippen LogP contribution in [0.5, 0.6) is 5.75 Å². The lowest BCUT2D eigenvalue weighted by Gasteiger charge is -2.37. The van der Waals surface area contributed by atoms with Gasteiger partial charge in [0.2, 0.25) is 0 Å². The molecule has 1 spiro atoms. The number of hydrogen-bond acceptors (Lipinski definition) is 5. The number of carbonyl (C=O) groups is 3. The summed E-state index contributed by atoms with van der Waals surface area (Å²) >= 11 is 0. The number of ketones is 3. The van der Waals surface area contributed by atoms with Gasteiger partial charge < -0.3 is 9.64 Å². The van der Waals surface area contributed by atoms with Crippen molar-refractivity contribution < 1.29 is 19.1 Å². The molecule has 5 nitrogen and oxygen atoms in total. The molecule has 3 atom stereocenters. The van der Waals surface area contributed by atoms with E-state index in [2.05, 4.69) is 6.07 Å². The van der Waals surface area contributed by atoms with Crippen molar-refractivity contribution in [2.24, 2.45) is 5.41 Å². The predicted octanol–water partition coefficient (Wildman–Crippen LogP) is 6.32. The maximum absolute atomic E-state index is 14.7. The monoisotopic (exact) mass is 525 g/mol. The second-order valence-corrected chi connectivity index (χ2v) is 10.8. The summed E-state index contributed by atoms with van der Waals surface area (Å²) in [5.74, 6) is -0.757. The minimum atomic E-state index is -1.50. The number of benzene rings is 4. The molecule has 196 valence electrons. The van der Waals surface area contributed by atoms with Crippen LogP contribution in [-0.4, -0.2) is 36.5 Å². The summed E-state index contributed by atoms with van der Waals surface area (Å²) in [4.78, 5) is 46.0. The lowest BCUT2D eigenvalue weighted by atomic mass is 9.64. The van der Waals surface area contributed by atoms with Gasteiger partial charge in [-0.2, -0.15) is 0 Å². The third-order valence-electron chi connectivity index (χ3n) is 8.74. The fourth-order valence-corrected chi connectivity index (χ4v) is 7.08. The van der Waals surface area contributed by atoms with E-state index in [-0.39, 0.29) is 17.3 Å². The third kappa shape index (κ3) is 3.18. The molecule has 0 unspecified atom stereocenters. The Morgan fingerprint density at radius 3 is 2.23 bits per heavy atom. The molecule has 0 radical (unpaired) electrons. The third-order valence-corrected chi connectivity index (χ3v) is 8.74. The van der Waals surface area contributed by atoms with Gasteiger partial charge in [0.05, 0.1) is 13.2 Å². The number of ether oxygens (including phenoxy) is 1. The van der Waals surface area contributed by atoms with Crippen molar-refractivity contribution in [1.82, 2.24) is 0 Å². The molecule has 1 fully saturated rings. The Labute approximate surface area is 232 Å². The lowest BCUT2D eigenvalue weighted by molar-refractivity contribution is 0.0666. The Morgan fingerprint density at radius 2 is 1.52 bits per heavy atom. The first kappa shape index (κ1) is 24.3. The van der Waals surface area contributed by atoms with Crippen molar-refractivity contribution >= 4 is 29.1 Å². The molecule has 5 heteroatoms. The van der Waals surface area contributed by atoms with Crippen molar-refractivity contribution in [3.05, 3.63) is 137 Å². The highest BCUT2D eigenvalue weighted by Gasteiger charge is 2.71. The molecule has 3 aliphatic rings. The Bertz CT molecular complexity index is 1700. The largest absolute Gasteiger partial charge is 0.497 e. The van der Waals surface area contributed by atoms with Gasteiger partial charge in [-0.25, -0.2) is 0 Å². The zero-order valence-corrected chi connectivity index (χ0v) is 22.2. The van der Waals surface area contributed by atoms with Crippen LogP contribution in [0.4, 0.5) is 5.69 Å². The van der Waals surface area contributed by atoms with Crippen LogP contribution in [-0.2, 0) is 0 Å². The van der Waals surface area contributed by atoms with Gasteiger partial charge in [0.1, 0.15) is 17.2 Å². The van der Waals surface area contributed by atoms with E-state index in [4.69, 9.17) is 4.74 Å². The van der Waals surface area contributed by atoms with Crippen molar-refractivity contribution in [2.45, 2.75) is 24.9 Å². The van der Waals surface area contributed by atoms with Crippen LogP contribution in [0.15, 0.2) is 103 Å². The number of anilines is 1. The zero-order valence-electron chi connectivity index (χ0n) is 22.2. The smallest absolute Gasteiger partial charge is 0.186 e. The molecular formula is C35H27NO4. The van der Waals surface area contributed by atoms with Crippen molar-refractivity contribution in [2.75, 3.05) is 12.0 Å². The van der Waals surface area contributed by atoms with Crippen molar-refractivity contribution in [3.8, 4) is 5.75 Å². The molecule has 0 amide bonds. The summed E-state index contributed by atoms with van der Waals surface area (Å²) in [6.45, 7) is 2.03. The molecule has 0 bridgehead atoms. The molecule has 1 aliphatic carbocycles. The van der Waals surface area contributed by atoms with Gasteiger partial charge in [-0.1, -0.05) is 90.5 Å². The van der Waals surface area contributed by atoms with Crippen LogP contribution in [0, 0.1) is 12.3 Å². The summed E-state index contributed by atoms with van der Waals surface area (Å²) in [7, 11) is 1.57. The quantitative estimate of drug-likeness (QED) is 0.231. The molecule has 0 aromatic heterocycles. The van der Waals surface area contributed by atoms with Crippen molar-refractivity contribution in [1.29, 1.82) is 0 Å². The van der Waals surface area contributed by atoms with E-state index in [1.54, 1.807) is 55.6 Å². The summed E-state index contributed by atoms with van der Waals surface area (Å²) in [6.07, 6.45) is 3.95. The van der Waals surface area contributed by atoms with Gasteiger partial charge in [0.15, 0.2) is 17.3 Å². The maximum atomic E-state index is 14.7. The molecule has 4 aromatic rings. The SMILES string of the molecule is COc1cccc(C(=O)[C@H]2[C@H](c3ccccc3)C3(C(=O)c4ccccc4C3=O)[C@@H]3C=Cc4cc(C)ccc4N32)c1. The average Bonchev–Trinajstić information content (AvgIpc) is 3.43. The summed E-state index contributed by atoms with van der Waals surface area (Å²) in [5, 5.41) is 0. The standard InChI is InChI=1S/C35H27NO4/c1-21-15-17-28-23(19-21)16-18-29-35(33(38)26-13-6-7-14-27(26)34(35)39)30(22-9-4-3-5-10-22)31(36(28)29)32(37)24-11-8-12-25(20-24)40-2/h3-20,29-31H,1-2H3/t29-,30-,31+/m0/s1. The topological polar surface area (TPSA) is 63.7 Å². The van der Waals surface area contributed by atoms with Crippen LogP contribution in [0.3, 0.4) is 0 Å². The van der Waals surface area contributed by atoms with Crippen LogP contribution >= 0.6 is 0 Å². The molecule has 4 aromatic carbocycles. The Morgan fingerprint density at radius 1 is 0.825 bits per heavy atom. The Hall–Kier alpha value is -4.77. The number of Topliss-reactive ketones (excluding diaryl/α,β-unsaturated/α-hetero) is 3. The van der Waals surface area contributed by atoms with Crippen LogP contribution in [0.2, 0.25) is 0 Å². The van der Waals surface area contributed by atoms with E-state index in [9.17, 15) is 14.4 Å². The van der Waals surface area contributed by atoms with Gasteiger partial charge >= 0.3 is 0 Å².